The van der Waals surface area contributed by atoms with Crippen molar-refractivity contribution in [3.05, 3.63) is 36.3 Å². The molecule has 1 rings (SSSR count). The van der Waals surface area contributed by atoms with Crippen LogP contribution in [0.2, 0.25) is 0 Å². The Morgan fingerprint density at radius 1 is 1.33 bits per heavy atom. The van der Waals surface area contributed by atoms with Gasteiger partial charge in [-0.05, 0) is 30.9 Å². The first-order valence-corrected chi connectivity index (χ1v) is 7.91. The fourth-order valence-corrected chi connectivity index (χ4v) is 3.49. The third-order valence-electron chi connectivity index (χ3n) is 2.74. The maximum atomic E-state index is 12.2. The van der Waals surface area contributed by atoms with Gasteiger partial charge in [0, 0.05) is 13.1 Å². The summed E-state index contributed by atoms with van der Waals surface area (Å²) in [5, 5.41) is 0. The highest BCUT2D eigenvalue weighted by Crippen LogP contribution is 2.22. The molecule has 18 heavy (non-hydrogen) atoms. The summed E-state index contributed by atoms with van der Waals surface area (Å²) >= 11 is 0. The zero-order chi connectivity index (χ0) is 14.2. The first-order valence-electron chi connectivity index (χ1n) is 6.47. The summed E-state index contributed by atoms with van der Waals surface area (Å²) in [5.41, 5.74) is 0. The predicted octanol–water partition coefficient (Wildman–Crippen LogP) is 3.33. The molecule has 1 saturated heterocycles. The van der Waals surface area contributed by atoms with Gasteiger partial charge < -0.3 is 0 Å². The molecular weight excluding hydrogens is 246 g/mol. The highest BCUT2D eigenvalue weighted by Gasteiger charge is 2.28. The smallest absolute Gasteiger partial charge is 0.207 e. The van der Waals surface area contributed by atoms with Crippen molar-refractivity contribution in [1.82, 2.24) is 4.31 Å². The first-order chi connectivity index (χ1) is 8.52. The zero-order valence-corrected chi connectivity index (χ0v) is 12.5. The molecule has 1 aliphatic heterocycles. The number of allylic oxidation sites excluding steroid dienone is 3. The molecule has 0 saturated carbocycles. The first kappa shape index (κ1) is 17.1. The van der Waals surface area contributed by atoms with E-state index in [-0.39, 0.29) is 4.91 Å². The molecular formula is C14H25NO2S. The van der Waals surface area contributed by atoms with E-state index < -0.39 is 10.0 Å². The third kappa shape index (κ3) is 4.42. The molecule has 4 heteroatoms. The van der Waals surface area contributed by atoms with E-state index >= 15 is 0 Å². The summed E-state index contributed by atoms with van der Waals surface area (Å²) in [4.78, 5) is 0.233. The molecule has 1 atom stereocenters. The average molecular weight is 271 g/mol. The monoisotopic (exact) mass is 271 g/mol. The summed E-state index contributed by atoms with van der Waals surface area (Å²) in [6.07, 6.45) is 6.36. The van der Waals surface area contributed by atoms with Crippen LogP contribution < -0.4 is 0 Å². The van der Waals surface area contributed by atoms with Crippen LogP contribution in [0.5, 0.6) is 0 Å². The summed E-state index contributed by atoms with van der Waals surface area (Å²) in [5.74, 6) is 0.429. The summed E-state index contributed by atoms with van der Waals surface area (Å²) in [6, 6.07) is 0. The number of hydrogen-bond acceptors (Lipinski definition) is 2. The minimum absolute atomic E-state index is 0.233. The number of rotatable bonds is 4. The lowest BCUT2D eigenvalue weighted by atomic mass is 10.0. The standard InChI is InChI=1S/C12H19NO2S.C2H6/c1-4-7-12(5-2)16(14,15)13-9-6-8-11(3)10-13;1-2/h4-5,7,11H,1-2,6,8-10H2,3H3;1-2H3/b12-7+;. The molecule has 3 nitrogen and oxygen atoms in total. The van der Waals surface area contributed by atoms with E-state index in [1.165, 1.54) is 22.5 Å². The lowest BCUT2D eigenvalue weighted by Crippen LogP contribution is -2.39. The molecule has 0 bridgehead atoms. The Morgan fingerprint density at radius 3 is 2.39 bits per heavy atom. The van der Waals surface area contributed by atoms with Gasteiger partial charge in [-0.15, -0.1) is 0 Å². The van der Waals surface area contributed by atoms with Gasteiger partial charge in [0.25, 0.3) is 0 Å². The Balaban J connectivity index is 0.00000137. The van der Waals surface area contributed by atoms with Crippen LogP contribution in [-0.2, 0) is 10.0 Å². The Hall–Kier alpha value is -0.870. The fourth-order valence-electron chi connectivity index (χ4n) is 1.89. The minimum atomic E-state index is -3.36. The Morgan fingerprint density at radius 2 is 1.94 bits per heavy atom. The van der Waals surface area contributed by atoms with Crippen LogP contribution in [0.15, 0.2) is 36.3 Å². The summed E-state index contributed by atoms with van der Waals surface area (Å²) in [6.45, 7) is 14.3. The molecule has 0 aliphatic carbocycles. The van der Waals surface area contributed by atoms with E-state index in [1.54, 1.807) is 0 Å². The molecule has 1 fully saturated rings. The number of piperidine rings is 1. The van der Waals surface area contributed by atoms with Crippen molar-refractivity contribution in [2.75, 3.05) is 13.1 Å². The lowest BCUT2D eigenvalue weighted by molar-refractivity contribution is 0.283. The second kappa shape index (κ2) is 8.27. The topological polar surface area (TPSA) is 37.4 Å². The van der Waals surface area contributed by atoms with Crippen molar-refractivity contribution in [3.63, 3.8) is 0 Å². The largest absolute Gasteiger partial charge is 0.243 e. The van der Waals surface area contributed by atoms with Gasteiger partial charge in [-0.2, -0.15) is 4.31 Å². The molecule has 1 aliphatic rings. The normalized spacial score (nSPS) is 21.7. The van der Waals surface area contributed by atoms with Crippen molar-refractivity contribution in [3.8, 4) is 0 Å². The van der Waals surface area contributed by atoms with Crippen LogP contribution in [0.4, 0.5) is 0 Å². The van der Waals surface area contributed by atoms with Crippen molar-refractivity contribution < 1.29 is 8.42 Å². The number of nitrogens with zero attached hydrogens (tertiary/aromatic N) is 1. The molecule has 1 unspecified atom stereocenters. The average Bonchev–Trinajstić information content (AvgIpc) is 2.38. The fraction of sp³-hybridized carbons (Fsp3) is 0.571. The van der Waals surface area contributed by atoms with Gasteiger partial charge in [0.05, 0.1) is 4.91 Å². The van der Waals surface area contributed by atoms with Gasteiger partial charge in [-0.25, -0.2) is 8.42 Å². The molecule has 0 amide bonds. The van der Waals surface area contributed by atoms with Crippen LogP contribution in [0.25, 0.3) is 0 Å². The van der Waals surface area contributed by atoms with Gasteiger partial charge in [0.1, 0.15) is 0 Å². The van der Waals surface area contributed by atoms with Crippen molar-refractivity contribution in [2.45, 2.75) is 33.6 Å². The number of hydrogen-bond donors (Lipinski definition) is 0. The number of sulfonamides is 1. The molecule has 0 radical (unpaired) electrons. The van der Waals surface area contributed by atoms with Gasteiger partial charge in [0.2, 0.25) is 10.0 Å². The van der Waals surface area contributed by atoms with E-state index in [1.807, 2.05) is 13.8 Å². The second-order valence-corrected chi connectivity index (χ2v) is 6.06. The zero-order valence-electron chi connectivity index (χ0n) is 11.7. The van der Waals surface area contributed by atoms with E-state index in [2.05, 4.69) is 20.1 Å². The molecule has 0 aromatic rings. The van der Waals surface area contributed by atoms with E-state index in [0.29, 0.717) is 19.0 Å². The maximum absolute atomic E-state index is 12.2. The third-order valence-corrected chi connectivity index (χ3v) is 4.65. The van der Waals surface area contributed by atoms with Crippen LogP contribution >= 0.6 is 0 Å². The molecule has 0 aromatic carbocycles. The van der Waals surface area contributed by atoms with Crippen molar-refractivity contribution in [2.24, 2.45) is 5.92 Å². The van der Waals surface area contributed by atoms with E-state index in [9.17, 15) is 8.42 Å². The van der Waals surface area contributed by atoms with Crippen LogP contribution in [0, 0.1) is 5.92 Å². The molecule has 0 N–H and O–H groups in total. The van der Waals surface area contributed by atoms with Crippen molar-refractivity contribution in [1.29, 1.82) is 0 Å². The van der Waals surface area contributed by atoms with Crippen LogP contribution in [0.3, 0.4) is 0 Å². The highest BCUT2D eigenvalue weighted by molar-refractivity contribution is 7.93. The summed E-state index contributed by atoms with van der Waals surface area (Å²) < 4.78 is 25.9. The molecule has 104 valence electrons. The van der Waals surface area contributed by atoms with Gasteiger partial charge in [-0.1, -0.05) is 40.0 Å². The van der Waals surface area contributed by atoms with Crippen molar-refractivity contribution >= 4 is 10.0 Å². The molecule has 0 aromatic heterocycles. The Kier molecular flexibility index (Phi) is 7.87. The van der Waals surface area contributed by atoms with E-state index in [4.69, 9.17) is 0 Å². The minimum Gasteiger partial charge on any atom is -0.207 e. The lowest BCUT2D eigenvalue weighted by Gasteiger charge is -2.30. The van der Waals surface area contributed by atoms with Gasteiger partial charge >= 0.3 is 0 Å². The Labute approximate surface area is 112 Å². The predicted molar refractivity (Wildman–Crippen MR) is 78.7 cm³/mol. The quantitative estimate of drug-likeness (QED) is 0.735. The summed E-state index contributed by atoms with van der Waals surface area (Å²) in [7, 11) is -3.36. The highest BCUT2D eigenvalue weighted by atomic mass is 32.2. The Bertz CT molecular complexity index is 396. The van der Waals surface area contributed by atoms with Gasteiger partial charge in [-0.3, -0.25) is 0 Å². The van der Waals surface area contributed by atoms with Crippen LogP contribution in [-0.4, -0.2) is 25.8 Å². The maximum Gasteiger partial charge on any atom is 0.243 e. The molecule has 1 heterocycles. The van der Waals surface area contributed by atoms with Gasteiger partial charge in [0.15, 0.2) is 0 Å². The SMILES string of the molecule is C=C/C=C(\C=C)S(=O)(=O)N1CCCC(C)C1.CC. The molecule has 0 spiro atoms. The second-order valence-electron chi connectivity index (χ2n) is 4.12. The van der Waals surface area contributed by atoms with E-state index in [0.717, 1.165) is 12.8 Å². The van der Waals surface area contributed by atoms with Crippen LogP contribution in [0.1, 0.15) is 33.6 Å².